The molecule has 0 fully saturated rings. The molecule has 0 saturated heterocycles. The van der Waals surface area contributed by atoms with E-state index in [4.69, 9.17) is 0 Å². The Morgan fingerprint density at radius 3 is 2.38 bits per heavy atom. The fourth-order valence-corrected chi connectivity index (χ4v) is 1.78. The van der Waals surface area contributed by atoms with Crippen molar-refractivity contribution < 1.29 is 0 Å². The van der Waals surface area contributed by atoms with Crippen molar-refractivity contribution in [2.45, 2.75) is 19.6 Å². The van der Waals surface area contributed by atoms with Gasteiger partial charge in [0.05, 0.1) is 0 Å². The topological polar surface area (TPSA) is 12.0 Å². The summed E-state index contributed by atoms with van der Waals surface area (Å²) in [5, 5.41) is 3.28. The Morgan fingerprint density at radius 2 is 1.85 bits per heavy atom. The Hall–Kier alpha value is -0.630. The van der Waals surface area contributed by atoms with Crippen LogP contribution in [0.5, 0.6) is 0 Å². The number of thioether (sulfide) groups is 1. The molecule has 0 saturated carbocycles. The molecule has 0 spiro atoms. The minimum absolute atomic E-state index is 0.989. The number of anilines is 1. The van der Waals surface area contributed by atoms with Gasteiger partial charge in [0, 0.05) is 18.0 Å². The van der Waals surface area contributed by atoms with Crippen LogP contribution in [0.2, 0.25) is 0 Å². The zero-order valence-corrected chi connectivity index (χ0v) is 9.16. The van der Waals surface area contributed by atoms with Crippen LogP contribution in [-0.2, 0) is 5.75 Å². The van der Waals surface area contributed by atoms with E-state index in [2.05, 4.69) is 43.4 Å². The van der Waals surface area contributed by atoms with E-state index in [1.807, 2.05) is 11.8 Å². The summed E-state index contributed by atoms with van der Waals surface area (Å²) in [6.45, 7) is 5.29. The van der Waals surface area contributed by atoms with E-state index in [0.717, 1.165) is 12.3 Å². The van der Waals surface area contributed by atoms with Gasteiger partial charge in [-0.05, 0) is 30.4 Å². The Morgan fingerprint density at radius 1 is 1.15 bits per heavy atom. The molecule has 0 aromatic heterocycles. The standard InChI is InChI=1S/C11H17NS/c1-3-12-11-7-5-10(6-8-11)9-13-4-2/h5-8,12H,3-4,9H2,1-2H3. The molecule has 72 valence electrons. The van der Waals surface area contributed by atoms with E-state index in [-0.39, 0.29) is 0 Å². The molecule has 1 nitrogen and oxygen atoms in total. The van der Waals surface area contributed by atoms with Gasteiger partial charge in [0.2, 0.25) is 0 Å². The first-order valence-corrected chi connectivity index (χ1v) is 5.92. The van der Waals surface area contributed by atoms with E-state index >= 15 is 0 Å². The fourth-order valence-electron chi connectivity index (χ4n) is 1.14. The quantitative estimate of drug-likeness (QED) is 0.773. The van der Waals surface area contributed by atoms with Crippen molar-refractivity contribution in [3.05, 3.63) is 29.8 Å². The highest BCUT2D eigenvalue weighted by atomic mass is 32.2. The van der Waals surface area contributed by atoms with E-state index < -0.39 is 0 Å². The highest BCUT2D eigenvalue weighted by Gasteiger charge is 1.92. The highest BCUT2D eigenvalue weighted by Crippen LogP contribution is 2.14. The van der Waals surface area contributed by atoms with Crippen molar-refractivity contribution in [3.63, 3.8) is 0 Å². The lowest BCUT2D eigenvalue weighted by atomic mass is 10.2. The molecule has 0 unspecified atom stereocenters. The lowest BCUT2D eigenvalue weighted by Gasteiger charge is -2.04. The second-order valence-electron chi connectivity index (χ2n) is 2.86. The van der Waals surface area contributed by atoms with Gasteiger partial charge in [-0.15, -0.1) is 0 Å². The summed E-state index contributed by atoms with van der Waals surface area (Å²) < 4.78 is 0. The maximum atomic E-state index is 3.28. The van der Waals surface area contributed by atoms with Crippen LogP contribution in [0.4, 0.5) is 5.69 Å². The minimum atomic E-state index is 0.989. The summed E-state index contributed by atoms with van der Waals surface area (Å²) >= 11 is 1.96. The molecule has 0 heterocycles. The zero-order valence-electron chi connectivity index (χ0n) is 8.34. The van der Waals surface area contributed by atoms with Crippen LogP contribution in [0.3, 0.4) is 0 Å². The molecular weight excluding hydrogens is 178 g/mol. The smallest absolute Gasteiger partial charge is 0.0340 e. The molecule has 2 heteroatoms. The summed E-state index contributed by atoms with van der Waals surface area (Å²) in [6.07, 6.45) is 0. The number of nitrogens with one attached hydrogen (secondary N) is 1. The van der Waals surface area contributed by atoms with Crippen molar-refractivity contribution in [3.8, 4) is 0 Å². The van der Waals surface area contributed by atoms with Gasteiger partial charge >= 0.3 is 0 Å². The summed E-state index contributed by atoms with van der Waals surface area (Å²) in [4.78, 5) is 0. The monoisotopic (exact) mass is 195 g/mol. The normalized spacial score (nSPS) is 10.0. The number of hydrogen-bond donors (Lipinski definition) is 1. The van der Waals surface area contributed by atoms with Crippen molar-refractivity contribution in [2.24, 2.45) is 0 Å². The molecule has 0 aliphatic heterocycles. The molecule has 0 bridgehead atoms. The largest absolute Gasteiger partial charge is 0.385 e. The molecule has 0 atom stereocenters. The molecule has 0 aliphatic rings. The highest BCUT2D eigenvalue weighted by molar-refractivity contribution is 7.98. The maximum Gasteiger partial charge on any atom is 0.0340 e. The van der Waals surface area contributed by atoms with Gasteiger partial charge < -0.3 is 5.32 Å². The molecule has 1 rings (SSSR count). The second kappa shape index (κ2) is 5.92. The Balaban J connectivity index is 2.48. The van der Waals surface area contributed by atoms with Crippen molar-refractivity contribution in [1.82, 2.24) is 0 Å². The first-order chi connectivity index (χ1) is 6.36. The van der Waals surface area contributed by atoms with Crippen molar-refractivity contribution in [1.29, 1.82) is 0 Å². The van der Waals surface area contributed by atoms with Crippen LogP contribution in [0.25, 0.3) is 0 Å². The van der Waals surface area contributed by atoms with E-state index in [1.165, 1.54) is 17.0 Å². The first kappa shape index (κ1) is 10.5. The third kappa shape index (κ3) is 3.73. The van der Waals surface area contributed by atoms with E-state index in [0.29, 0.717) is 0 Å². The predicted molar refractivity (Wildman–Crippen MR) is 62.4 cm³/mol. The molecule has 0 amide bonds. The SMILES string of the molecule is CCNc1ccc(CSCC)cc1. The molecule has 0 aliphatic carbocycles. The van der Waals surface area contributed by atoms with Crippen molar-refractivity contribution in [2.75, 3.05) is 17.6 Å². The summed E-state index contributed by atoms with van der Waals surface area (Å²) in [7, 11) is 0. The van der Waals surface area contributed by atoms with Gasteiger partial charge in [-0.2, -0.15) is 11.8 Å². The third-order valence-corrected chi connectivity index (χ3v) is 2.75. The van der Waals surface area contributed by atoms with Crippen LogP contribution >= 0.6 is 11.8 Å². The zero-order chi connectivity index (χ0) is 9.52. The summed E-state index contributed by atoms with van der Waals surface area (Å²) in [5.74, 6) is 2.32. The van der Waals surface area contributed by atoms with Gasteiger partial charge in [-0.3, -0.25) is 0 Å². The molecular formula is C11H17NS. The van der Waals surface area contributed by atoms with Crippen molar-refractivity contribution >= 4 is 17.4 Å². The molecule has 1 aromatic carbocycles. The van der Waals surface area contributed by atoms with Gasteiger partial charge in [-0.25, -0.2) is 0 Å². The molecule has 1 N–H and O–H groups in total. The van der Waals surface area contributed by atoms with Gasteiger partial charge in [-0.1, -0.05) is 19.1 Å². The average Bonchev–Trinajstić information content (AvgIpc) is 2.17. The molecule has 13 heavy (non-hydrogen) atoms. The van der Waals surface area contributed by atoms with Crippen LogP contribution in [0.1, 0.15) is 19.4 Å². The predicted octanol–water partition coefficient (Wildman–Crippen LogP) is 3.37. The van der Waals surface area contributed by atoms with E-state index in [9.17, 15) is 0 Å². The number of rotatable bonds is 5. The van der Waals surface area contributed by atoms with Gasteiger partial charge in [0.15, 0.2) is 0 Å². The Bertz CT molecular complexity index is 230. The van der Waals surface area contributed by atoms with E-state index in [1.54, 1.807) is 0 Å². The maximum absolute atomic E-state index is 3.28. The Kier molecular flexibility index (Phi) is 4.76. The first-order valence-electron chi connectivity index (χ1n) is 4.77. The molecule has 1 aromatic rings. The lowest BCUT2D eigenvalue weighted by Crippen LogP contribution is -1.95. The van der Waals surface area contributed by atoms with Crippen LogP contribution < -0.4 is 5.32 Å². The van der Waals surface area contributed by atoms with Crippen LogP contribution in [0, 0.1) is 0 Å². The molecule has 0 radical (unpaired) electrons. The lowest BCUT2D eigenvalue weighted by molar-refractivity contribution is 1.21. The average molecular weight is 195 g/mol. The Labute approximate surface area is 84.9 Å². The fraction of sp³-hybridized carbons (Fsp3) is 0.455. The minimum Gasteiger partial charge on any atom is -0.385 e. The summed E-state index contributed by atoms with van der Waals surface area (Å²) in [5.41, 5.74) is 2.63. The van der Waals surface area contributed by atoms with Crippen LogP contribution in [-0.4, -0.2) is 12.3 Å². The second-order valence-corrected chi connectivity index (χ2v) is 4.14. The third-order valence-electron chi connectivity index (χ3n) is 1.81. The summed E-state index contributed by atoms with van der Waals surface area (Å²) in [6, 6.07) is 8.69. The van der Waals surface area contributed by atoms with Gasteiger partial charge in [0.1, 0.15) is 0 Å². The number of hydrogen-bond acceptors (Lipinski definition) is 2. The number of benzene rings is 1. The van der Waals surface area contributed by atoms with Gasteiger partial charge in [0.25, 0.3) is 0 Å². The van der Waals surface area contributed by atoms with Crippen LogP contribution in [0.15, 0.2) is 24.3 Å².